The van der Waals surface area contributed by atoms with Crippen LogP contribution in [0.5, 0.6) is 0 Å². The maximum atomic E-state index is 12.5. The molecule has 110 valence electrons. The lowest BCUT2D eigenvalue weighted by Crippen LogP contribution is -2.27. The SMILES string of the molecule is Cc1ccc(C)c(CN=C2CC(=O)c3ccccc3C2=O)c1. The van der Waals surface area contributed by atoms with Crippen molar-refractivity contribution in [3.63, 3.8) is 0 Å². The molecule has 0 spiro atoms. The topological polar surface area (TPSA) is 46.5 Å². The molecule has 22 heavy (non-hydrogen) atoms. The molecule has 0 atom stereocenters. The molecule has 0 fully saturated rings. The van der Waals surface area contributed by atoms with Crippen LogP contribution in [0.15, 0.2) is 47.5 Å². The number of nitrogens with zero attached hydrogens (tertiary/aromatic N) is 1. The van der Waals surface area contributed by atoms with E-state index in [9.17, 15) is 9.59 Å². The van der Waals surface area contributed by atoms with Gasteiger partial charge in [-0.1, -0.05) is 48.0 Å². The number of rotatable bonds is 2. The number of aliphatic imine (C=N–C) groups is 1. The molecular formula is C19H17NO2. The fourth-order valence-corrected chi connectivity index (χ4v) is 2.69. The van der Waals surface area contributed by atoms with E-state index in [0.29, 0.717) is 23.4 Å². The Kier molecular flexibility index (Phi) is 3.72. The highest BCUT2D eigenvalue weighted by atomic mass is 16.1. The number of fused-ring (bicyclic) bond motifs is 1. The minimum absolute atomic E-state index is 0.0325. The predicted molar refractivity (Wildman–Crippen MR) is 86.8 cm³/mol. The quantitative estimate of drug-likeness (QED) is 0.846. The van der Waals surface area contributed by atoms with Gasteiger partial charge in [0, 0.05) is 11.1 Å². The number of hydrogen-bond donors (Lipinski definition) is 0. The van der Waals surface area contributed by atoms with Gasteiger partial charge in [0.1, 0.15) is 0 Å². The van der Waals surface area contributed by atoms with Gasteiger partial charge in [-0.3, -0.25) is 14.6 Å². The molecule has 0 saturated heterocycles. The molecule has 3 rings (SSSR count). The maximum absolute atomic E-state index is 12.5. The van der Waals surface area contributed by atoms with Crippen LogP contribution in [0.3, 0.4) is 0 Å². The summed E-state index contributed by atoms with van der Waals surface area (Å²) in [4.78, 5) is 29.0. The number of benzene rings is 2. The van der Waals surface area contributed by atoms with Gasteiger partial charge < -0.3 is 0 Å². The van der Waals surface area contributed by atoms with Crippen LogP contribution in [-0.2, 0) is 6.54 Å². The fourth-order valence-electron chi connectivity index (χ4n) is 2.69. The Bertz CT molecular complexity index is 803. The Morgan fingerprint density at radius 2 is 1.73 bits per heavy atom. The molecule has 3 heteroatoms. The van der Waals surface area contributed by atoms with Crippen LogP contribution < -0.4 is 0 Å². The highest BCUT2D eigenvalue weighted by Crippen LogP contribution is 2.20. The summed E-state index contributed by atoms with van der Waals surface area (Å²) in [6, 6.07) is 13.1. The van der Waals surface area contributed by atoms with Crippen LogP contribution in [0.2, 0.25) is 0 Å². The third-order valence-corrected chi connectivity index (χ3v) is 4.01. The summed E-state index contributed by atoms with van der Waals surface area (Å²) in [7, 11) is 0. The molecule has 0 amide bonds. The average Bonchev–Trinajstić information content (AvgIpc) is 2.52. The molecule has 0 bridgehead atoms. The van der Waals surface area contributed by atoms with E-state index in [1.807, 2.05) is 19.9 Å². The summed E-state index contributed by atoms with van der Waals surface area (Å²) in [5, 5.41) is 0. The van der Waals surface area contributed by atoms with Gasteiger partial charge in [-0.2, -0.15) is 0 Å². The lowest BCUT2D eigenvalue weighted by Gasteiger charge is -2.15. The van der Waals surface area contributed by atoms with Gasteiger partial charge >= 0.3 is 0 Å². The lowest BCUT2D eigenvalue weighted by atomic mass is 9.88. The highest BCUT2D eigenvalue weighted by molar-refractivity contribution is 6.52. The number of carbonyl (C=O) groups is 2. The molecule has 0 heterocycles. The van der Waals surface area contributed by atoms with Gasteiger partial charge in [0.25, 0.3) is 0 Å². The Morgan fingerprint density at radius 3 is 2.50 bits per heavy atom. The van der Waals surface area contributed by atoms with Crippen LogP contribution in [0.25, 0.3) is 0 Å². The minimum atomic E-state index is -0.125. The van der Waals surface area contributed by atoms with Gasteiger partial charge in [-0.25, -0.2) is 0 Å². The molecular weight excluding hydrogens is 274 g/mol. The Hall–Kier alpha value is -2.55. The zero-order chi connectivity index (χ0) is 15.7. The van der Waals surface area contributed by atoms with Gasteiger partial charge in [0.15, 0.2) is 5.78 Å². The van der Waals surface area contributed by atoms with Crippen molar-refractivity contribution in [1.29, 1.82) is 0 Å². The van der Waals surface area contributed by atoms with Gasteiger partial charge in [0.2, 0.25) is 5.78 Å². The monoisotopic (exact) mass is 291 g/mol. The smallest absolute Gasteiger partial charge is 0.207 e. The van der Waals surface area contributed by atoms with Crippen molar-refractivity contribution in [2.75, 3.05) is 0 Å². The number of carbonyl (C=O) groups excluding carboxylic acids is 2. The van der Waals surface area contributed by atoms with Crippen LogP contribution in [0.4, 0.5) is 0 Å². The fraction of sp³-hybridized carbons (Fsp3) is 0.211. The minimum Gasteiger partial charge on any atom is -0.294 e. The highest BCUT2D eigenvalue weighted by Gasteiger charge is 2.28. The molecule has 2 aromatic carbocycles. The largest absolute Gasteiger partial charge is 0.294 e. The van der Waals surface area contributed by atoms with Crippen LogP contribution in [0, 0.1) is 13.8 Å². The first-order valence-corrected chi connectivity index (χ1v) is 7.32. The second kappa shape index (κ2) is 5.68. The average molecular weight is 291 g/mol. The third kappa shape index (κ3) is 2.62. The van der Waals surface area contributed by atoms with Crippen molar-refractivity contribution in [3.8, 4) is 0 Å². The summed E-state index contributed by atoms with van der Waals surface area (Å²) < 4.78 is 0. The summed E-state index contributed by atoms with van der Waals surface area (Å²) in [6.07, 6.45) is 0.0979. The van der Waals surface area contributed by atoms with E-state index in [1.165, 1.54) is 0 Å². The molecule has 2 aromatic rings. The molecule has 0 unspecified atom stereocenters. The Balaban J connectivity index is 1.91. The van der Waals surface area contributed by atoms with Crippen LogP contribution >= 0.6 is 0 Å². The van der Waals surface area contributed by atoms with E-state index in [1.54, 1.807) is 24.3 Å². The Morgan fingerprint density at radius 1 is 1.00 bits per heavy atom. The second-order valence-electron chi connectivity index (χ2n) is 5.67. The van der Waals surface area contributed by atoms with E-state index in [0.717, 1.165) is 16.7 Å². The van der Waals surface area contributed by atoms with Crippen molar-refractivity contribution < 1.29 is 9.59 Å². The normalized spacial score (nSPS) is 16.0. The first-order valence-electron chi connectivity index (χ1n) is 7.32. The van der Waals surface area contributed by atoms with Crippen molar-refractivity contribution >= 4 is 17.3 Å². The number of hydrogen-bond acceptors (Lipinski definition) is 3. The number of ketones is 2. The van der Waals surface area contributed by atoms with E-state index in [-0.39, 0.29) is 18.0 Å². The zero-order valence-electron chi connectivity index (χ0n) is 12.7. The summed E-state index contributed by atoms with van der Waals surface area (Å²) in [5.41, 5.74) is 4.75. The summed E-state index contributed by atoms with van der Waals surface area (Å²) >= 11 is 0. The van der Waals surface area contributed by atoms with E-state index < -0.39 is 0 Å². The first-order chi connectivity index (χ1) is 10.6. The first kappa shape index (κ1) is 14.4. The predicted octanol–water partition coefficient (Wildman–Crippen LogP) is 3.71. The molecule has 0 aliphatic heterocycles. The summed E-state index contributed by atoms with van der Waals surface area (Å²) in [5.74, 6) is -0.157. The molecule has 0 radical (unpaired) electrons. The van der Waals surface area contributed by atoms with Crippen molar-refractivity contribution in [2.24, 2.45) is 4.99 Å². The van der Waals surface area contributed by atoms with Gasteiger partial charge in [-0.15, -0.1) is 0 Å². The molecule has 0 aromatic heterocycles. The number of aryl methyl sites for hydroxylation is 2. The molecule has 0 N–H and O–H groups in total. The summed E-state index contributed by atoms with van der Waals surface area (Å²) in [6.45, 7) is 4.49. The molecule has 3 nitrogen and oxygen atoms in total. The zero-order valence-corrected chi connectivity index (χ0v) is 12.7. The lowest BCUT2D eigenvalue weighted by molar-refractivity contribution is 0.0964. The van der Waals surface area contributed by atoms with Crippen LogP contribution in [-0.4, -0.2) is 17.3 Å². The van der Waals surface area contributed by atoms with Crippen molar-refractivity contribution in [1.82, 2.24) is 0 Å². The van der Waals surface area contributed by atoms with E-state index in [2.05, 4.69) is 17.1 Å². The van der Waals surface area contributed by atoms with E-state index in [4.69, 9.17) is 0 Å². The van der Waals surface area contributed by atoms with Gasteiger partial charge in [-0.05, 0) is 25.0 Å². The van der Waals surface area contributed by atoms with Crippen LogP contribution in [0.1, 0.15) is 43.8 Å². The van der Waals surface area contributed by atoms with Crippen molar-refractivity contribution in [3.05, 3.63) is 70.3 Å². The Labute approximate surface area is 129 Å². The third-order valence-electron chi connectivity index (χ3n) is 4.01. The second-order valence-corrected chi connectivity index (χ2v) is 5.67. The maximum Gasteiger partial charge on any atom is 0.207 e. The standard InChI is InChI=1S/C19H17NO2/c1-12-7-8-13(2)14(9-12)11-20-17-10-18(21)15-5-3-4-6-16(15)19(17)22/h3-9H,10-11H2,1-2H3. The van der Waals surface area contributed by atoms with Crippen molar-refractivity contribution in [2.45, 2.75) is 26.8 Å². The van der Waals surface area contributed by atoms with Gasteiger partial charge in [0.05, 0.1) is 18.7 Å². The molecule has 1 aliphatic rings. The number of Topliss-reactive ketones (excluding diaryl/α,β-unsaturated/α-hetero) is 2. The molecule has 1 aliphatic carbocycles. The molecule has 0 saturated carbocycles. The van der Waals surface area contributed by atoms with E-state index >= 15 is 0 Å².